The summed E-state index contributed by atoms with van der Waals surface area (Å²) in [5.74, 6) is -0.874. The lowest BCUT2D eigenvalue weighted by Crippen LogP contribution is -2.55. The van der Waals surface area contributed by atoms with Gasteiger partial charge in [-0.1, -0.05) is 60.7 Å². The molecular formula is C31H32N4O5S. The van der Waals surface area contributed by atoms with Gasteiger partial charge >= 0.3 is 0 Å². The molecule has 212 valence electrons. The van der Waals surface area contributed by atoms with Crippen molar-refractivity contribution in [1.82, 2.24) is 15.2 Å². The van der Waals surface area contributed by atoms with Crippen molar-refractivity contribution in [1.29, 1.82) is 0 Å². The summed E-state index contributed by atoms with van der Waals surface area (Å²) in [4.78, 5) is 33.6. The molecule has 1 aliphatic heterocycles. The minimum atomic E-state index is -1.88. The fraction of sp³-hybridized carbons (Fsp3) is 0.258. The molecule has 0 bridgehead atoms. The van der Waals surface area contributed by atoms with Crippen LogP contribution in [-0.4, -0.2) is 70.3 Å². The van der Waals surface area contributed by atoms with Gasteiger partial charge in [-0.05, 0) is 29.8 Å². The van der Waals surface area contributed by atoms with E-state index in [9.17, 15) is 19.8 Å². The van der Waals surface area contributed by atoms with E-state index in [0.29, 0.717) is 38.5 Å². The van der Waals surface area contributed by atoms with E-state index in [-0.39, 0.29) is 6.54 Å². The first kappa shape index (κ1) is 28.3. The standard InChI is InChI=1S/C31H32N4O5S/c36-27(28(37)31(39)35-16-14-34(15-17-35)25-11-5-2-6-12-25)29(38)32-19-22-8-7-13-26(18-22)40-20-24-21-41-30(33-24)23-9-3-1-4-10-23/h1-13,18,21,27-28,36-37H,14-17,19-20H2,(H,32,38)/t27?,28-/m1/s1. The summed E-state index contributed by atoms with van der Waals surface area (Å²) in [6.07, 6.45) is -3.72. The van der Waals surface area contributed by atoms with Gasteiger partial charge in [0.15, 0.2) is 12.2 Å². The quantitative estimate of drug-likeness (QED) is 0.268. The van der Waals surface area contributed by atoms with Gasteiger partial charge in [-0.15, -0.1) is 11.3 Å². The van der Waals surface area contributed by atoms with Crippen molar-refractivity contribution < 1.29 is 24.5 Å². The first-order chi connectivity index (χ1) is 20.0. The van der Waals surface area contributed by atoms with E-state index in [1.54, 1.807) is 23.5 Å². The molecule has 1 fully saturated rings. The summed E-state index contributed by atoms with van der Waals surface area (Å²) in [6.45, 7) is 2.37. The first-order valence-electron chi connectivity index (χ1n) is 13.4. The SMILES string of the molecule is O=C(NCc1cccc(OCc2csc(-c3ccccc3)n2)c1)C(O)[C@@H](O)C(=O)N1CCN(c2ccccc2)CC1. The number of aliphatic hydroxyl groups excluding tert-OH is 2. The van der Waals surface area contributed by atoms with Gasteiger partial charge in [-0.25, -0.2) is 4.98 Å². The lowest BCUT2D eigenvalue weighted by Gasteiger charge is -2.37. The molecule has 3 N–H and O–H groups in total. The second-order valence-electron chi connectivity index (χ2n) is 9.70. The van der Waals surface area contributed by atoms with Crippen molar-refractivity contribution in [2.24, 2.45) is 0 Å². The molecule has 0 saturated carbocycles. The number of ether oxygens (including phenoxy) is 1. The van der Waals surface area contributed by atoms with Crippen molar-refractivity contribution in [3.63, 3.8) is 0 Å². The number of rotatable bonds is 10. The molecule has 41 heavy (non-hydrogen) atoms. The molecule has 0 radical (unpaired) electrons. The zero-order valence-corrected chi connectivity index (χ0v) is 23.2. The summed E-state index contributed by atoms with van der Waals surface area (Å²) < 4.78 is 5.90. The zero-order valence-electron chi connectivity index (χ0n) is 22.4. The summed E-state index contributed by atoms with van der Waals surface area (Å²) >= 11 is 1.56. The predicted octanol–water partition coefficient (Wildman–Crippen LogP) is 3.08. The molecule has 9 nitrogen and oxygen atoms in total. The molecule has 1 aliphatic rings. The lowest BCUT2D eigenvalue weighted by molar-refractivity contribution is -0.153. The molecule has 3 aromatic carbocycles. The number of aromatic nitrogens is 1. The van der Waals surface area contributed by atoms with Gasteiger partial charge in [-0.2, -0.15) is 0 Å². The number of para-hydroxylation sites is 1. The van der Waals surface area contributed by atoms with Crippen molar-refractivity contribution in [3.8, 4) is 16.3 Å². The van der Waals surface area contributed by atoms with E-state index in [1.807, 2.05) is 78.2 Å². The van der Waals surface area contributed by atoms with Crippen LogP contribution in [0.2, 0.25) is 0 Å². The fourth-order valence-electron chi connectivity index (χ4n) is 4.57. The number of benzene rings is 3. The van der Waals surface area contributed by atoms with E-state index in [0.717, 1.165) is 27.5 Å². The molecule has 2 heterocycles. The van der Waals surface area contributed by atoms with Crippen LogP contribution in [0.5, 0.6) is 5.75 Å². The summed E-state index contributed by atoms with van der Waals surface area (Å²) in [5, 5.41) is 26.3. The van der Waals surface area contributed by atoms with E-state index in [2.05, 4.69) is 15.2 Å². The minimum absolute atomic E-state index is 0.0958. The number of piperazine rings is 1. The van der Waals surface area contributed by atoms with Crippen molar-refractivity contribution >= 4 is 28.8 Å². The van der Waals surface area contributed by atoms with Crippen LogP contribution in [0.15, 0.2) is 90.3 Å². The highest BCUT2D eigenvalue weighted by Crippen LogP contribution is 2.24. The van der Waals surface area contributed by atoms with Gasteiger partial charge in [-0.3, -0.25) is 9.59 Å². The zero-order chi connectivity index (χ0) is 28.6. The Balaban J connectivity index is 1.08. The van der Waals surface area contributed by atoms with Crippen LogP contribution >= 0.6 is 11.3 Å². The second kappa shape index (κ2) is 13.4. The molecule has 4 aromatic rings. The Morgan fingerprint density at radius 2 is 1.61 bits per heavy atom. The van der Waals surface area contributed by atoms with Crippen LogP contribution < -0.4 is 15.0 Å². The summed E-state index contributed by atoms with van der Waals surface area (Å²) in [7, 11) is 0. The van der Waals surface area contributed by atoms with Crippen LogP contribution in [-0.2, 0) is 22.7 Å². The van der Waals surface area contributed by atoms with Crippen LogP contribution in [0, 0.1) is 0 Å². The molecule has 5 rings (SSSR count). The van der Waals surface area contributed by atoms with Crippen molar-refractivity contribution in [3.05, 3.63) is 102 Å². The number of nitrogens with zero attached hydrogens (tertiary/aromatic N) is 3. The average Bonchev–Trinajstić information content (AvgIpc) is 3.52. The molecular weight excluding hydrogens is 540 g/mol. The average molecular weight is 573 g/mol. The highest BCUT2D eigenvalue weighted by atomic mass is 32.1. The maximum Gasteiger partial charge on any atom is 0.254 e. The molecule has 1 aromatic heterocycles. The molecule has 2 atom stereocenters. The number of aliphatic hydroxyl groups is 2. The molecule has 10 heteroatoms. The Morgan fingerprint density at radius 3 is 2.34 bits per heavy atom. The number of hydrogen-bond donors (Lipinski definition) is 3. The maximum atomic E-state index is 12.8. The first-order valence-corrected chi connectivity index (χ1v) is 14.3. The van der Waals surface area contributed by atoms with Crippen molar-refractivity contribution in [2.45, 2.75) is 25.4 Å². The molecule has 1 unspecified atom stereocenters. The van der Waals surface area contributed by atoms with E-state index in [4.69, 9.17) is 4.74 Å². The van der Waals surface area contributed by atoms with Crippen LogP contribution in [0.1, 0.15) is 11.3 Å². The summed E-state index contributed by atoms with van der Waals surface area (Å²) in [6, 6.07) is 27.0. The number of thiazole rings is 1. The number of carbonyl (C=O) groups is 2. The van der Waals surface area contributed by atoms with Gasteiger partial charge in [0.1, 0.15) is 17.4 Å². The van der Waals surface area contributed by atoms with E-state index in [1.165, 1.54) is 4.90 Å². The van der Waals surface area contributed by atoms with Crippen LogP contribution in [0.3, 0.4) is 0 Å². The van der Waals surface area contributed by atoms with Gasteiger partial charge in [0, 0.05) is 49.4 Å². The molecule has 1 saturated heterocycles. The number of nitrogens with one attached hydrogen (secondary N) is 1. The van der Waals surface area contributed by atoms with E-state index < -0.39 is 24.0 Å². The Morgan fingerprint density at radius 1 is 0.902 bits per heavy atom. The van der Waals surface area contributed by atoms with Gasteiger partial charge in [0.2, 0.25) is 0 Å². The topological polar surface area (TPSA) is 115 Å². The minimum Gasteiger partial charge on any atom is -0.487 e. The highest BCUT2D eigenvalue weighted by molar-refractivity contribution is 7.13. The number of amides is 2. The maximum absolute atomic E-state index is 12.8. The van der Waals surface area contributed by atoms with Gasteiger partial charge in [0.25, 0.3) is 11.8 Å². The smallest absolute Gasteiger partial charge is 0.254 e. The number of carbonyl (C=O) groups excluding carboxylic acids is 2. The highest BCUT2D eigenvalue weighted by Gasteiger charge is 2.34. The second-order valence-corrected chi connectivity index (χ2v) is 10.6. The Hall–Kier alpha value is -4.25. The largest absolute Gasteiger partial charge is 0.487 e. The third-order valence-electron chi connectivity index (χ3n) is 6.86. The monoisotopic (exact) mass is 572 g/mol. The Kier molecular flexibility index (Phi) is 9.25. The molecule has 2 amide bonds. The van der Waals surface area contributed by atoms with Gasteiger partial charge in [0.05, 0.1) is 5.69 Å². The van der Waals surface area contributed by atoms with E-state index >= 15 is 0 Å². The predicted molar refractivity (Wildman–Crippen MR) is 157 cm³/mol. The molecule has 0 spiro atoms. The Bertz CT molecular complexity index is 1440. The number of anilines is 1. The van der Waals surface area contributed by atoms with Crippen molar-refractivity contribution in [2.75, 3.05) is 31.1 Å². The Labute approximate surface area is 242 Å². The van der Waals surface area contributed by atoms with Gasteiger partial charge < -0.3 is 30.1 Å². The normalized spacial score (nSPS) is 14.8. The fourth-order valence-corrected chi connectivity index (χ4v) is 5.38. The van der Waals surface area contributed by atoms with Crippen LogP contribution in [0.25, 0.3) is 10.6 Å². The van der Waals surface area contributed by atoms with Crippen LogP contribution in [0.4, 0.5) is 5.69 Å². The summed E-state index contributed by atoms with van der Waals surface area (Å²) in [5.41, 5.74) is 3.68. The third-order valence-corrected chi connectivity index (χ3v) is 7.80. The molecule has 0 aliphatic carbocycles. The number of hydrogen-bond acceptors (Lipinski definition) is 8. The lowest BCUT2D eigenvalue weighted by atomic mass is 10.1. The third kappa shape index (κ3) is 7.29.